The summed E-state index contributed by atoms with van der Waals surface area (Å²) in [6.07, 6.45) is 1.53. The number of rotatable bonds is 6. The first-order valence-electron chi connectivity index (χ1n) is 9.57. The van der Waals surface area contributed by atoms with Gasteiger partial charge in [-0.25, -0.2) is 4.39 Å². The van der Waals surface area contributed by atoms with Crippen LogP contribution in [0.5, 0.6) is 5.75 Å². The Hall–Kier alpha value is -2.11. The molecular formula is C22H26ClFN2O2. The summed E-state index contributed by atoms with van der Waals surface area (Å²) in [7, 11) is 1.63. The highest BCUT2D eigenvalue weighted by Crippen LogP contribution is 2.26. The molecule has 28 heavy (non-hydrogen) atoms. The second-order valence-corrected chi connectivity index (χ2v) is 7.69. The summed E-state index contributed by atoms with van der Waals surface area (Å²) < 4.78 is 19.4. The summed E-state index contributed by atoms with van der Waals surface area (Å²) in [6.45, 7) is 4.04. The fourth-order valence-corrected chi connectivity index (χ4v) is 3.84. The molecule has 1 aliphatic heterocycles. The van der Waals surface area contributed by atoms with Gasteiger partial charge < -0.3 is 10.1 Å². The first-order valence-corrected chi connectivity index (χ1v) is 9.95. The Morgan fingerprint density at radius 2 is 2.00 bits per heavy atom. The summed E-state index contributed by atoms with van der Waals surface area (Å²) in [5, 5.41) is 3.51. The van der Waals surface area contributed by atoms with Gasteiger partial charge in [0.15, 0.2) is 0 Å². The lowest BCUT2D eigenvalue weighted by Crippen LogP contribution is -2.41. The van der Waals surface area contributed by atoms with E-state index >= 15 is 0 Å². The van der Waals surface area contributed by atoms with Gasteiger partial charge in [0.1, 0.15) is 11.6 Å². The second-order valence-electron chi connectivity index (χ2n) is 7.26. The molecule has 0 spiro atoms. The first-order chi connectivity index (χ1) is 13.5. The van der Waals surface area contributed by atoms with E-state index in [2.05, 4.69) is 10.2 Å². The predicted octanol–water partition coefficient (Wildman–Crippen LogP) is 4.58. The van der Waals surface area contributed by atoms with E-state index in [0.29, 0.717) is 17.1 Å². The Kier molecular flexibility index (Phi) is 6.92. The highest BCUT2D eigenvalue weighted by atomic mass is 35.5. The predicted molar refractivity (Wildman–Crippen MR) is 109 cm³/mol. The van der Waals surface area contributed by atoms with Crippen molar-refractivity contribution in [2.24, 2.45) is 5.92 Å². The summed E-state index contributed by atoms with van der Waals surface area (Å²) in [6, 6.07) is 12.4. The molecule has 0 bridgehead atoms. The maximum atomic E-state index is 14.0. The average molecular weight is 405 g/mol. The van der Waals surface area contributed by atoms with Gasteiger partial charge in [0.25, 0.3) is 0 Å². The summed E-state index contributed by atoms with van der Waals surface area (Å²) in [5.74, 6) is 0.535. The van der Waals surface area contributed by atoms with Gasteiger partial charge in [0, 0.05) is 28.6 Å². The van der Waals surface area contributed by atoms with E-state index in [9.17, 15) is 9.18 Å². The van der Waals surface area contributed by atoms with Crippen molar-refractivity contribution in [2.75, 3.05) is 20.2 Å². The Morgan fingerprint density at radius 3 is 2.68 bits per heavy atom. The maximum Gasteiger partial charge on any atom is 0.223 e. The molecule has 2 aromatic carbocycles. The summed E-state index contributed by atoms with van der Waals surface area (Å²) >= 11 is 5.81. The number of amides is 1. The van der Waals surface area contributed by atoms with Gasteiger partial charge in [-0.2, -0.15) is 0 Å². The van der Waals surface area contributed by atoms with Crippen LogP contribution < -0.4 is 10.1 Å². The molecule has 1 N–H and O–H groups in total. The molecule has 1 fully saturated rings. The van der Waals surface area contributed by atoms with Gasteiger partial charge in [0.2, 0.25) is 5.91 Å². The number of para-hydroxylation sites is 1. The van der Waals surface area contributed by atoms with E-state index in [1.54, 1.807) is 19.2 Å². The standard InChI is InChI=1S/C22H26ClFN2O2/c1-15(19-5-3-4-6-21(19)28-2)25-22(27)16-9-11-26(12-10-16)14-17-7-8-18(23)13-20(17)24/h3-8,13,15-16H,9-12,14H2,1-2H3,(H,25,27)/t15-/m0/s1. The van der Waals surface area contributed by atoms with Crippen LogP contribution >= 0.6 is 11.6 Å². The van der Waals surface area contributed by atoms with Gasteiger partial charge in [-0.15, -0.1) is 0 Å². The molecule has 150 valence electrons. The third kappa shape index (κ3) is 5.03. The van der Waals surface area contributed by atoms with E-state index in [4.69, 9.17) is 16.3 Å². The highest BCUT2D eigenvalue weighted by molar-refractivity contribution is 6.30. The lowest BCUT2D eigenvalue weighted by atomic mass is 9.94. The van der Waals surface area contributed by atoms with Gasteiger partial charge in [0.05, 0.1) is 13.2 Å². The van der Waals surface area contributed by atoms with Crippen LogP contribution in [0.1, 0.15) is 36.9 Å². The molecule has 6 heteroatoms. The lowest BCUT2D eigenvalue weighted by Gasteiger charge is -2.32. The zero-order valence-corrected chi connectivity index (χ0v) is 17.0. The minimum absolute atomic E-state index is 0.0246. The number of piperidine rings is 1. The fraction of sp³-hybridized carbons (Fsp3) is 0.409. The van der Waals surface area contributed by atoms with Crippen LogP contribution in [0.15, 0.2) is 42.5 Å². The number of hydrogen-bond acceptors (Lipinski definition) is 3. The molecule has 2 aromatic rings. The quantitative estimate of drug-likeness (QED) is 0.766. The molecule has 1 heterocycles. The molecule has 1 saturated heterocycles. The second kappa shape index (κ2) is 9.39. The molecule has 0 unspecified atom stereocenters. The minimum Gasteiger partial charge on any atom is -0.496 e. The van der Waals surface area contributed by atoms with Crippen LogP contribution in [0.4, 0.5) is 4.39 Å². The number of carbonyl (C=O) groups excluding carboxylic acids is 1. The van der Waals surface area contributed by atoms with E-state index in [-0.39, 0.29) is 23.7 Å². The normalized spacial score (nSPS) is 16.6. The number of likely N-dealkylation sites (tertiary alicyclic amines) is 1. The molecule has 0 radical (unpaired) electrons. The van der Waals surface area contributed by atoms with Crippen molar-refractivity contribution in [3.05, 3.63) is 64.4 Å². The zero-order valence-electron chi connectivity index (χ0n) is 16.3. The van der Waals surface area contributed by atoms with E-state index < -0.39 is 0 Å². The summed E-state index contributed by atoms with van der Waals surface area (Å²) in [4.78, 5) is 14.9. The SMILES string of the molecule is COc1ccccc1[C@H](C)NC(=O)C1CCN(Cc2ccc(Cl)cc2F)CC1. The fourth-order valence-electron chi connectivity index (χ4n) is 3.68. The third-order valence-electron chi connectivity index (χ3n) is 5.33. The van der Waals surface area contributed by atoms with E-state index in [0.717, 1.165) is 37.2 Å². The number of nitrogens with one attached hydrogen (secondary N) is 1. The number of benzene rings is 2. The van der Waals surface area contributed by atoms with Crippen molar-refractivity contribution >= 4 is 17.5 Å². The van der Waals surface area contributed by atoms with Crippen LogP contribution in [0.3, 0.4) is 0 Å². The van der Waals surface area contributed by atoms with Gasteiger partial charge in [-0.1, -0.05) is 35.9 Å². The molecule has 0 aromatic heterocycles. The Bertz CT molecular complexity index is 822. The number of ether oxygens (including phenoxy) is 1. The van der Waals surface area contributed by atoms with Crippen molar-refractivity contribution in [1.82, 2.24) is 10.2 Å². The smallest absolute Gasteiger partial charge is 0.223 e. The molecule has 0 saturated carbocycles. The van der Waals surface area contributed by atoms with E-state index in [1.165, 1.54) is 6.07 Å². The average Bonchev–Trinajstić information content (AvgIpc) is 2.70. The van der Waals surface area contributed by atoms with Crippen LogP contribution in [0, 0.1) is 11.7 Å². The number of halogens is 2. The molecule has 0 aliphatic carbocycles. The number of nitrogens with zero attached hydrogens (tertiary/aromatic N) is 1. The van der Waals surface area contributed by atoms with Gasteiger partial charge in [-0.3, -0.25) is 9.69 Å². The molecule has 1 amide bonds. The van der Waals surface area contributed by atoms with Crippen molar-refractivity contribution in [3.63, 3.8) is 0 Å². The molecule has 3 rings (SSSR count). The van der Waals surface area contributed by atoms with Gasteiger partial charge >= 0.3 is 0 Å². The van der Waals surface area contributed by atoms with Crippen molar-refractivity contribution in [2.45, 2.75) is 32.4 Å². The minimum atomic E-state index is -0.280. The largest absolute Gasteiger partial charge is 0.496 e. The van der Waals surface area contributed by atoms with Crippen LogP contribution in [0.25, 0.3) is 0 Å². The summed E-state index contributed by atoms with van der Waals surface area (Å²) in [5.41, 5.74) is 1.60. The van der Waals surface area contributed by atoms with Crippen LogP contribution in [-0.2, 0) is 11.3 Å². The topological polar surface area (TPSA) is 41.6 Å². The van der Waals surface area contributed by atoms with Crippen molar-refractivity contribution in [3.8, 4) is 5.75 Å². The first kappa shape index (κ1) is 20.6. The Balaban J connectivity index is 1.52. The lowest BCUT2D eigenvalue weighted by molar-refractivity contribution is -0.127. The molecule has 1 aliphatic rings. The number of methoxy groups -OCH3 is 1. The third-order valence-corrected chi connectivity index (χ3v) is 5.57. The highest BCUT2D eigenvalue weighted by Gasteiger charge is 2.26. The van der Waals surface area contributed by atoms with Crippen LogP contribution in [-0.4, -0.2) is 31.0 Å². The molecule has 1 atom stereocenters. The monoisotopic (exact) mass is 404 g/mol. The molecular weight excluding hydrogens is 379 g/mol. The van der Waals surface area contributed by atoms with Crippen LogP contribution in [0.2, 0.25) is 5.02 Å². The van der Waals surface area contributed by atoms with Gasteiger partial charge in [-0.05, 0) is 51.1 Å². The van der Waals surface area contributed by atoms with Crippen molar-refractivity contribution in [1.29, 1.82) is 0 Å². The zero-order chi connectivity index (χ0) is 20.1. The Morgan fingerprint density at radius 1 is 1.29 bits per heavy atom. The number of hydrogen-bond donors (Lipinski definition) is 1. The maximum absolute atomic E-state index is 14.0. The van der Waals surface area contributed by atoms with E-state index in [1.807, 2.05) is 31.2 Å². The molecule has 4 nitrogen and oxygen atoms in total. The Labute approximate surface area is 170 Å². The number of carbonyl (C=O) groups is 1. The van der Waals surface area contributed by atoms with Crippen molar-refractivity contribution < 1.29 is 13.9 Å².